The number of aryl methyl sites for hydroxylation is 3. The van der Waals surface area contributed by atoms with Gasteiger partial charge in [-0.1, -0.05) is 0 Å². The van der Waals surface area contributed by atoms with E-state index in [1.54, 1.807) is 12.3 Å². The largest absolute Gasteiger partial charge is 0.323 e. The molecule has 0 saturated carbocycles. The Bertz CT molecular complexity index is 1160. The SMILES string of the molecule is Cc1cc(Nc2nc(Nc3cc(C)c(C4CCN(CCC#N)CC4)cc3F)ncc2C)n[nH]1. The monoisotopic (exact) mass is 448 g/mol. The topological polar surface area (TPSA) is 106 Å². The summed E-state index contributed by atoms with van der Waals surface area (Å²) in [6.45, 7) is 8.53. The van der Waals surface area contributed by atoms with Crippen molar-refractivity contribution in [1.29, 1.82) is 5.26 Å². The number of rotatable bonds is 7. The molecule has 0 atom stereocenters. The molecule has 0 radical (unpaired) electrons. The molecule has 1 saturated heterocycles. The first kappa shape index (κ1) is 22.7. The van der Waals surface area contributed by atoms with Crippen LogP contribution >= 0.6 is 0 Å². The van der Waals surface area contributed by atoms with Crippen molar-refractivity contribution < 1.29 is 4.39 Å². The van der Waals surface area contributed by atoms with Crippen LogP contribution in [-0.4, -0.2) is 44.7 Å². The van der Waals surface area contributed by atoms with Gasteiger partial charge in [0.25, 0.3) is 0 Å². The fourth-order valence-electron chi connectivity index (χ4n) is 4.26. The highest BCUT2D eigenvalue weighted by Gasteiger charge is 2.23. The maximum Gasteiger partial charge on any atom is 0.229 e. The zero-order valence-corrected chi connectivity index (χ0v) is 19.2. The first-order chi connectivity index (χ1) is 15.9. The van der Waals surface area contributed by atoms with Crippen LogP contribution in [0.4, 0.5) is 27.7 Å². The highest BCUT2D eigenvalue weighted by molar-refractivity contribution is 5.61. The Kier molecular flexibility index (Phi) is 6.84. The van der Waals surface area contributed by atoms with Gasteiger partial charge in [-0.2, -0.15) is 15.3 Å². The van der Waals surface area contributed by atoms with Gasteiger partial charge in [-0.3, -0.25) is 5.10 Å². The van der Waals surface area contributed by atoms with E-state index in [-0.39, 0.29) is 5.82 Å². The molecule has 33 heavy (non-hydrogen) atoms. The van der Waals surface area contributed by atoms with Crippen LogP contribution < -0.4 is 10.6 Å². The molecule has 0 bridgehead atoms. The number of hydrogen-bond acceptors (Lipinski definition) is 7. The van der Waals surface area contributed by atoms with Crippen molar-refractivity contribution in [2.75, 3.05) is 30.3 Å². The third-order valence-electron chi connectivity index (χ3n) is 6.09. The van der Waals surface area contributed by atoms with E-state index in [1.807, 2.05) is 32.9 Å². The molecule has 0 spiro atoms. The van der Waals surface area contributed by atoms with Crippen molar-refractivity contribution in [2.24, 2.45) is 0 Å². The van der Waals surface area contributed by atoms with Crippen molar-refractivity contribution in [2.45, 2.75) is 46.0 Å². The number of anilines is 4. The van der Waals surface area contributed by atoms with Crippen molar-refractivity contribution in [3.05, 3.63) is 52.6 Å². The molecule has 1 aliphatic heterocycles. The number of nitrogens with zero attached hydrogens (tertiary/aromatic N) is 5. The number of nitrogens with one attached hydrogen (secondary N) is 3. The van der Waals surface area contributed by atoms with Gasteiger partial charge < -0.3 is 15.5 Å². The molecule has 1 fully saturated rings. The van der Waals surface area contributed by atoms with Crippen molar-refractivity contribution >= 4 is 23.3 Å². The molecular formula is C24H29FN8. The maximum atomic E-state index is 15.0. The van der Waals surface area contributed by atoms with Gasteiger partial charge in [0.15, 0.2) is 5.82 Å². The van der Waals surface area contributed by atoms with E-state index < -0.39 is 0 Å². The summed E-state index contributed by atoms with van der Waals surface area (Å²) in [6, 6.07) is 7.56. The summed E-state index contributed by atoms with van der Waals surface area (Å²) in [4.78, 5) is 11.1. The lowest BCUT2D eigenvalue weighted by atomic mass is 9.86. The van der Waals surface area contributed by atoms with Gasteiger partial charge in [-0.15, -0.1) is 0 Å². The summed E-state index contributed by atoms with van der Waals surface area (Å²) in [5.74, 6) is 1.59. The van der Waals surface area contributed by atoms with Crippen LogP contribution in [0.15, 0.2) is 24.4 Å². The number of likely N-dealkylation sites (tertiary alicyclic amines) is 1. The predicted molar refractivity (Wildman–Crippen MR) is 126 cm³/mol. The quantitative estimate of drug-likeness (QED) is 0.475. The van der Waals surface area contributed by atoms with E-state index in [0.717, 1.165) is 54.9 Å². The number of halogens is 1. The third kappa shape index (κ3) is 5.46. The molecule has 0 aliphatic carbocycles. The Labute approximate surface area is 193 Å². The van der Waals surface area contributed by atoms with Gasteiger partial charge in [-0.05, 0) is 75.9 Å². The fraction of sp³-hybridized carbons (Fsp3) is 0.417. The number of piperidine rings is 1. The van der Waals surface area contributed by atoms with Crippen LogP contribution in [0.2, 0.25) is 0 Å². The Balaban J connectivity index is 1.47. The van der Waals surface area contributed by atoms with E-state index in [1.165, 1.54) is 0 Å². The lowest BCUT2D eigenvalue weighted by Crippen LogP contribution is -2.33. The van der Waals surface area contributed by atoms with Crippen molar-refractivity contribution in [1.82, 2.24) is 25.1 Å². The van der Waals surface area contributed by atoms with E-state index >= 15 is 4.39 Å². The van der Waals surface area contributed by atoms with Crippen LogP contribution in [0.1, 0.15) is 47.6 Å². The molecule has 4 rings (SSSR count). The number of hydrogen-bond donors (Lipinski definition) is 3. The summed E-state index contributed by atoms with van der Waals surface area (Å²) in [6.07, 6.45) is 4.19. The smallest absolute Gasteiger partial charge is 0.229 e. The molecule has 3 heterocycles. The molecule has 1 aromatic carbocycles. The first-order valence-electron chi connectivity index (χ1n) is 11.2. The average molecular weight is 449 g/mol. The summed E-state index contributed by atoms with van der Waals surface area (Å²) in [7, 11) is 0. The predicted octanol–water partition coefficient (Wildman–Crippen LogP) is 4.84. The Morgan fingerprint density at radius 1 is 1.15 bits per heavy atom. The van der Waals surface area contributed by atoms with E-state index in [0.29, 0.717) is 35.6 Å². The number of nitriles is 1. The molecular weight excluding hydrogens is 419 g/mol. The molecule has 0 unspecified atom stereocenters. The molecule has 2 aromatic heterocycles. The average Bonchev–Trinajstić information content (AvgIpc) is 3.22. The normalized spacial score (nSPS) is 14.8. The van der Waals surface area contributed by atoms with Gasteiger partial charge in [0.05, 0.1) is 11.8 Å². The highest BCUT2D eigenvalue weighted by Crippen LogP contribution is 2.33. The second-order valence-corrected chi connectivity index (χ2v) is 8.62. The summed E-state index contributed by atoms with van der Waals surface area (Å²) >= 11 is 0. The van der Waals surface area contributed by atoms with E-state index in [2.05, 4.69) is 41.8 Å². The minimum Gasteiger partial charge on any atom is -0.323 e. The molecule has 3 aromatic rings. The number of aromatic nitrogens is 4. The fourth-order valence-corrected chi connectivity index (χ4v) is 4.26. The second kappa shape index (κ2) is 9.96. The van der Waals surface area contributed by atoms with E-state index in [4.69, 9.17) is 5.26 Å². The zero-order valence-electron chi connectivity index (χ0n) is 19.2. The summed E-state index contributed by atoms with van der Waals surface area (Å²) in [5.41, 5.74) is 4.25. The van der Waals surface area contributed by atoms with Crippen molar-refractivity contribution in [3.63, 3.8) is 0 Å². The van der Waals surface area contributed by atoms with Crippen LogP contribution in [0.3, 0.4) is 0 Å². The van der Waals surface area contributed by atoms with Crippen LogP contribution in [0, 0.1) is 37.9 Å². The van der Waals surface area contributed by atoms with E-state index in [9.17, 15) is 0 Å². The minimum atomic E-state index is -0.316. The molecule has 172 valence electrons. The van der Waals surface area contributed by atoms with Gasteiger partial charge in [0.1, 0.15) is 11.6 Å². The Morgan fingerprint density at radius 2 is 1.94 bits per heavy atom. The van der Waals surface area contributed by atoms with Gasteiger partial charge in [-0.25, -0.2) is 9.37 Å². The minimum absolute atomic E-state index is 0.312. The van der Waals surface area contributed by atoms with Crippen LogP contribution in [-0.2, 0) is 0 Å². The number of H-pyrrole nitrogens is 1. The molecule has 8 nitrogen and oxygen atoms in total. The standard InChI is InChI=1S/C24H29FN8/c1-15-11-21(20(25)13-19(15)18-5-9-33(10-6-18)8-4-7-26)28-24-27-14-16(2)23(30-24)29-22-12-17(3)31-32-22/h11-14,18H,4-6,8-10H2,1-3H3,(H3,27,28,29,30,31,32). The second-order valence-electron chi connectivity index (χ2n) is 8.62. The Hall–Kier alpha value is -3.51. The van der Waals surface area contributed by atoms with Crippen molar-refractivity contribution in [3.8, 4) is 6.07 Å². The van der Waals surface area contributed by atoms with Gasteiger partial charge >= 0.3 is 0 Å². The van der Waals surface area contributed by atoms with Gasteiger partial charge in [0, 0.05) is 36.5 Å². The number of benzene rings is 1. The van der Waals surface area contributed by atoms with Crippen LogP contribution in [0.5, 0.6) is 0 Å². The lowest BCUT2D eigenvalue weighted by Gasteiger charge is -2.32. The molecule has 0 amide bonds. The molecule has 9 heteroatoms. The summed E-state index contributed by atoms with van der Waals surface area (Å²) in [5, 5.41) is 22.0. The lowest BCUT2D eigenvalue weighted by molar-refractivity contribution is 0.216. The highest BCUT2D eigenvalue weighted by atomic mass is 19.1. The molecule has 1 aliphatic rings. The Morgan fingerprint density at radius 3 is 2.64 bits per heavy atom. The summed E-state index contributed by atoms with van der Waals surface area (Å²) < 4.78 is 15.0. The zero-order chi connectivity index (χ0) is 23.4. The third-order valence-corrected chi connectivity index (χ3v) is 6.09. The number of aromatic amines is 1. The van der Waals surface area contributed by atoms with Crippen LogP contribution in [0.25, 0.3) is 0 Å². The molecule has 3 N–H and O–H groups in total. The van der Waals surface area contributed by atoms with Gasteiger partial charge in [0.2, 0.25) is 5.95 Å². The maximum absolute atomic E-state index is 15.0. The first-order valence-corrected chi connectivity index (χ1v) is 11.2.